The third kappa shape index (κ3) is 4.45. The van der Waals surface area contributed by atoms with Gasteiger partial charge in [0.15, 0.2) is 0 Å². The second-order valence-electron chi connectivity index (χ2n) is 4.11. The first-order chi connectivity index (χ1) is 7.74. The van der Waals surface area contributed by atoms with E-state index in [9.17, 15) is 4.79 Å². The summed E-state index contributed by atoms with van der Waals surface area (Å²) in [6, 6.07) is 7.20. The average Bonchev–Trinajstić information content (AvgIpc) is 2.88. The summed E-state index contributed by atoms with van der Waals surface area (Å²) < 4.78 is 0. The standard InChI is InChI=1S/C8H10N2O.C5H10/c1-6-2-4-7(5-3-6)8(11)10-9;1-2-4-5-3-1/h2-5H,9H2,1H3,(H,10,11);1-5H2. The molecule has 1 amide bonds. The molecular formula is C13H20N2O. The molecular weight excluding hydrogens is 200 g/mol. The number of hydrazine groups is 1. The van der Waals surface area contributed by atoms with Crippen LogP contribution in [0.2, 0.25) is 0 Å². The van der Waals surface area contributed by atoms with Gasteiger partial charge in [-0.1, -0.05) is 49.8 Å². The Kier molecular flexibility index (Phi) is 5.57. The van der Waals surface area contributed by atoms with Gasteiger partial charge < -0.3 is 0 Å². The summed E-state index contributed by atoms with van der Waals surface area (Å²) in [4.78, 5) is 10.9. The van der Waals surface area contributed by atoms with Gasteiger partial charge in [0.2, 0.25) is 0 Å². The molecule has 88 valence electrons. The maximum atomic E-state index is 10.9. The van der Waals surface area contributed by atoms with Gasteiger partial charge in [0, 0.05) is 5.56 Å². The Morgan fingerprint density at radius 1 is 1.06 bits per heavy atom. The predicted molar refractivity (Wildman–Crippen MR) is 65.9 cm³/mol. The molecule has 3 heteroatoms. The summed E-state index contributed by atoms with van der Waals surface area (Å²) in [6.45, 7) is 1.96. The van der Waals surface area contributed by atoms with Crippen molar-refractivity contribution in [3.8, 4) is 0 Å². The molecule has 1 aliphatic carbocycles. The van der Waals surface area contributed by atoms with Crippen molar-refractivity contribution in [1.82, 2.24) is 5.43 Å². The highest BCUT2D eigenvalue weighted by atomic mass is 16.2. The highest BCUT2D eigenvalue weighted by Crippen LogP contribution is 2.15. The van der Waals surface area contributed by atoms with E-state index in [0.717, 1.165) is 5.56 Å². The molecule has 0 radical (unpaired) electrons. The largest absolute Gasteiger partial charge is 0.290 e. The smallest absolute Gasteiger partial charge is 0.265 e. The van der Waals surface area contributed by atoms with Crippen LogP contribution < -0.4 is 11.3 Å². The number of amides is 1. The van der Waals surface area contributed by atoms with E-state index in [1.807, 2.05) is 19.1 Å². The van der Waals surface area contributed by atoms with Gasteiger partial charge in [-0.3, -0.25) is 10.2 Å². The molecule has 0 aliphatic heterocycles. The lowest BCUT2D eigenvalue weighted by Gasteiger charge is -1.98. The van der Waals surface area contributed by atoms with Gasteiger partial charge in [-0.15, -0.1) is 0 Å². The lowest BCUT2D eigenvalue weighted by Crippen LogP contribution is -2.29. The van der Waals surface area contributed by atoms with E-state index in [2.05, 4.69) is 5.43 Å². The van der Waals surface area contributed by atoms with E-state index in [0.29, 0.717) is 5.56 Å². The number of nitrogens with two attached hydrogens (primary N) is 1. The SMILES string of the molecule is C1CCCC1.Cc1ccc(C(=O)NN)cc1. The summed E-state index contributed by atoms with van der Waals surface area (Å²) in [7, 11) is 0. The van der Waals surface area contributed by atoms with Gasteiger partial charge in [-0.05, 0) is 19.1 Å². The highest BCUT2D eigenvalue weighted by Gasteiger charge is 2.00. The predicted octanol–water partition coefficient (Wildman–Crippen LogP) is 2.55. The van der Waals surface area contributed by atoms with Crippen LogP contribution in [0, 0.1) is 6.92 Å². The highest BCUT2D eigenvalue weighted by molar-refractivity contribution is 5.93. The van der Waals surface area contributed by atoms with Crippen molar-refractivity contribution < 1.29 is 4.79 Å². The number of rotatable bonds is 1. The van der Waals surface area contributed by atoms with Crippen molar-refractivity contribution in [3.05, 3.63) is 35.4 Å². The Bertz CT molecular complexity index is 308. The molecule has 0 unspecified atom stereocenters. The zero-order chi connectivity index (χ0) is 11.8. The van der Waals surface area contributed by atoms with Crippen LogP contribution in [-0.2, 0) is 0 Å². The fourth-order valence-corrected chi connectivity index (χ4v) is 1.67. The van der Waals surface area contributed by atoms with Gasteiger partial charge in [0.1, 0.15) is 0 Å². The van der Waals surface area contributed by atoms with Crippen LogP contribution in [0.1, 0.15) is 48.0 Å². The van der Waals surface area contributed by atoms with E-state index in [1.165, 1.54) is 32.1 Å². The number of hydrogen-bond donors (Lipinski definition) is 2. The quantitative estimate of drug-likeness (QED) is 0.434. The van der Waals surface area contributed by atoms with Crippen LogP contribution in [0.5, 0.6) is 0 Å². The van der Waals surface area contributed by atoms with Gasteiger partial charge in [-0.25, -0.2) is 5.84 Å². The van der Waals surface area contributed by atoms with Crippen LogP contribution >= 0.6 is 0 Å². The molecule has 1 saturated carbocycles. The molecule has 0 heterocycles. The number of hydrogen-bond acceptors (Lipinski definition) is 2. The minimum absolute atomic E-state index is 0.259. The first-order valence-corrected chi connectivity index (χ1v) is 5.81. The van der Waals surface area contributed by atoms with E-state index >= 15 is 0 Å². The summed E-state index contributed by atoms with van der Waals surface area (Å²) in [5.74, 6) is 4.68. The van der Waals surface area contributed by atoms with E-state index in [4.69, 9.17) is 5.84 Å². The third-order valence-corrected chi connectivity index (χ3v) is 2.69. The minimum Gasteiger partial charge on any atom is -0.290 e. The van der Waals surface area contributed by atoms with Gasteiger partial charge in [-0.2, -0.15) is 0 Å². The lowest BCUT2D eigenvalue weighted by molar-refractivity contribution is 0.0953. The summed E-state index contributed by atoms with van der Waals surface area (Å²) in [5, 5.41) is 0. The van der Waals surface area contributed by atoms with Crippen LogP contribution in [0.25, 0.3) is 0 Å². The first kappa shape index (κ1) is 12.7. The number of carbonyl (C=O) groups is 1. The number of nitrogen functional groups attached to an aromatic ring is 1. The number of benzene rings is 1. The summed E-state index contributed by atoms with van der Waals surface area (Å²) >= 11 is 0. The van der Waals surface area contributed by atoms with Crippen LogP contribution in [0.4, 0.5) is 0 Å². The molecule has 1 aliphatic rings. The normalized spacial score (nSPS) is 13.9. The van der Waals surface area contributed by atoms with Gasteiger partial charge >= 0.3 is 0 Å². The molecule has 3 nitrogen and oxygen atoms in total. The molecule has 3 N–H and O–H groups in total. The maximum absolute atomic E-state index is 10.9. The molecule has 2 rings (SSSR count). The third-order valence-electron chi connectivity index (χ3n) is 2.69. The second-order valence-corrected chi connectivity index (χ2v) is 4.11. The monoisotopic (exact) mass is 220 g/mol. The Morgan fingerprint density at radius 3 is 1.88 bits per heavy atom. The lowest BCUT2D eigenvalue weighted by atomic mass is 10.1. The van der Waals surface area contributed by atoms with Crippen molar-refractivity contribution in [2.75, 3.05) is 0 Å². The van der Waals surface area contributed by atoms with Crippen molar-refractivity contribution >= 4 is 5.91 Å². The topological polar surface area (TPSA) is 55.1 Å². The Balaban J connectivity index is 0.000000212. The number of carbonyl (C=O) groups excluding carboxylic acids is 1. The zero-order valence-electron chi connectivity index (χ0n) is 9.83. The second kappa shape index (κ2) is 7.01. The van der Waals surface area contributed by atoms with Crippen LogP contribution in [-0.4, -0.2) is 5.91 Å². The number of aryl methyl sites for hydroxylation is 1. The Morgan fingerprint density at radius 2 is 1.50 bits per heavy atom. The molecule has 1 aromatic rings. The van der Waals surface area contributed by atoms with Crippen molar-refractivity contribution in [2.24, 2.45) is 5.84 Å². The first-order valence-electron chi connectivity index (χ1n) is 5.81. The molecule has 0 saturated heterocycles. The molecule has 0 bridgehead atoms. The van der Waals surface area contributed by atoms with Crippen LogP contribution in [0.3, 0.4) is 0 Å². The molecule has 0 aromatic heterocycles. The van der Waals surface area contributed by atoms with Crippen molar-refractivity contribution in [2.45, 2.75) is 39.0 Å². The maximum Gasteiger partial charge on any atom is 0.265 e. The van der Waals surface area contributed by atoms with Crippen LogP contribution in [0.15, 0.2) is 24.3 Å². The van der Waals surface area contributed by atoms with E-state index < -0.39 is 0 Å². The van der Waals surface area contributed by atoms with Gasteiger partial charge in [0.05, 0.1) is 0 Å². The zero-order valence-corrected chi connectivity index (χ0v) is 9.83. The van der Waals surface area contributed by atoms with Crippen molar-refractivity contribution in [1.29, 1.82) is 0 Å². The molecule has 1 aromatic carbocycles. The Labute approximate surface area is 97.0 Å². The minimum atomic E-state index is -0.259. The number of nitrogens with one attached hydrogen (secondary N) is 1. The fraction of sp³-hybridized carbons (Fsp3) is 0.462. The van der Waals surface area contributed by atoms with Gasteiger partial charge in [0.25, 0.3) is 5.91 Å². The van der Waals surface area contributed by atoms with E-state index in [1.54, 1.807) is 12.1 Å². The van der Waals surface area contributed by atoms with E-state index in [-0.39, 0.29) is 5.91 Å². The molecule has 16 heavy (non-hydrogen) atoms. The summed E-state index contributed by atoms with van der Waals surface area (Å²) in [6.07, 6.45) is 7.50. The molecule has 0 atom stereocenters. The molecule has 0 spiro atoms. The average molecular weight is 220 g/mol. The Hall–Kier alpha value is -1.35. The van der Waals surface area contributed by atoms with Crippen molar-refractivity contribution in [3.63, 3.8) is 0 Å². The summed E-state index contributed by atoms with van der Waals surface area (Å²) in [5.41, 5.74) is 3.77. The fourth-order valence-electron chi connectivity index (χ4n) is 1.67. The molecule has 1 fully saturated rings.